The number of carbonyl (C=O) groups excluding carboxylic acids is 1. The van der Waals surface area contributed by atoms with E-state index in [4.69, 9.17) is 4.74 Å². The lowest BCUT2D eigenvalue weighted by atomic mass is 9.87. The molecule has 0 spiro atoms. The van der Waals surface area contributed by atoms with Gasteiger partial charge in [-0.2, -0.15) is 0 Å². The summed E-state index contributed by atoms with van der Waals surface area (Å²) in [4.78, 5) is 16.9. The third-order valence-corrected chi connectivity index (χ3v) is 6.39. The molecule has 4 nitrogen and oxygen atoms in total. The molecule has 152 valence electrons. The largest absolute Gasteiger partial charge is 0.497 e. The van der Waals surface area contributed by atoms with Crippen LogP contribution in [0.15, 0.2) is 48.5 Å². The molecule has 1 unspecified atom stereocenters. The number of rotatable bonds is 4. The van der Waals surface area contributed by atoms with Gasteiger partial charge in [0.05, 0.1) is 12.5 Å². The van der Waals surface area contributed by atoms with Gasteiger partial charge in [0.25, 0.3) is 0 Å². The van der Waals surface area contributed by atoms with E-state index in [0.29, 0.717) is 0 Å². The zero-order valence-corrected chi connectivity index (χ0v) is 18.1. The Morgan fingerprint density at radius 2 is 1.72 bits per heavy atom. The summed E-state index contributed by atoms with van der Waals surface area (Å²) in [5.41, 5.74) is 3.61. The molecule has 29 heavy (non-hydrogen) atoms. The molecule has 2 N–H and O–H groups in total. The van der Waals surface area contributed by atoms with Crippen molar-refractivity contribution in [1.29, 1.82) is 0 Å². The zero-order chi connectivity index (χ0) is 21.0. The number of aromatic nitrogens is 1. The first-order chi connectivity index (χ1) is 13.6. The maximum absolute atomic E-state index is 13.4. The highest BCUT2D eigenvalue weighted by atomic mass is 16.5. The first kappa shape index (κ1) is 19.6. The van der Waals surface area contributed by atoms with Crippen molar-refractivity contribution in [3.05, 3.63) is 59.8 Å². The third kappa shape index (κ3) is 3.21. The van der Waals surface area contributed by atoms with Crippen molar-refractivity contribution in [3.63, 3.8) is 0 Å². The monoisotopic (exact) mass is 390 g/mol. The van der Waals surface area contributed by atoms with E-state index < -0.39 is 5.41 Å². The fourth-order valence-electron chi connectivity index (χ4n) is 4.36. The molecule has 1 atom stereocenters. The second-order valence-corrected chi connectivity index (χ2v) is 9.88. The van der Waals surface area contributed by atoms with E-state index >= 15 is 0 Å². The van der Waals surface area contributed by atoms with E-state index in [1.165, 1.54) is 5.69 Å². The standard InChI is InChI=1S/C25H30N2O2/c1-23(2,3)21-14-16-13-18(9-12-20(16)27-21)26-22(28)25(15-24(25,4)5)17-7-10-19(29-6)11-8-17/h7-14,27H,15H2,1-6H3,(H,26,28). The normalized spacial score (nSPS) is 20.5. The summed E-state index contributed by atoms with van der Waals surface area (Å²) >= 11 is 0. The summed E-state index contributed by atoms with van der Waals surface area (Å²) < 4.78 is 5.27. The molecule has 1 aliphatic rings. The van der Waals surface area contributed by atoms with Gasteiger partial charge in [-0.1, -0.05) is 46.8 Å². The fourth-order valence-corrected chi connectivity index (χ4v) is 4.36. The molecule has 0 aliphatic heterocycles. The quantitative estimate of drug-likeness (QED) is 0.593. The van der Waals surface area contributed by atoms with Crippen molar-refractivity contribution in [2.24, 2.45) is 5.41 Å². The maximum atomic E-state index is 13.4. The van der Waals surface area contributed by atoms with Crippen molar-refractivity contribution < 1.29 is 9.53 Å². The topological polar surface area (TPSA) is 54.1 Å². The number of amides is 1. The smallest absolute Gasteiger partial charge is 0.235 e. The summed E-state index contributed by atoms with van der Waals surface area (Å²) in [5.74, 6) is 0.855. The number of ether oxygens (including phenoxy) is 1. The van der Waals surface area contributed by atoms with Gasteiger partial charge in [0.15, 0.2) is 0 Å². The molecule has 1 aliphatic carbocycles. The van der Waals surface area contributed by atoms with Crippen LogP contribution in [-0.4, -0.2) is 18.0 Å². The van der Waals surface area contributed by atoms with E-state index in [-0.39, 0.29) is 16.7 Å². The van der Waals surface area contributed by atoms with Crippen LogP contribution in [0.4, 0.5) is 5.69 Å². The highest BCUT2D eigenvalue weighted by Crippen LogP contribution is 2.64. The van der Waals surface area contributed by atoms with Gasteiger partial charge < -0.3 is 15.0 Å². The van der Waals surface area contributed by atoms with E-state index in [0.717, 1.165) is 34.3 Å². The number of carbonyl (C=O) groups is 1. The molecule has 3 aromatic rings. The van der Waals surface area contributed by atoms with Crippen LogP contribution >= 0.6 is 0 Å². The highest BCUT2D eigenvalue weighted by molar-refractivity contribution is 6.03. The lowest BCUT2D eigenvalue weighted by Crippen LogP contribution is -2.32. The number of H-pyrrole nitrogens is 1. The van der Waals surface area contributed by atoms with Crippen LogP contribution in [-0.2, 0) is 15.6 Å². The molecule has 1 aromatic heterocycles. The van der Waals surface area contributed by atoms with Crippen LogP contribution < -0.4 is 10.1 Å². The molecule has 1 heterocycles. The van der Waals surface area contributed by atoms with E-state index in [2.05, 4.69) is 57.1 Å². The molecule has 1 amide bonds. The summed E-state index contributed by atoms with van der Waals surface area (Å²) in [6.45, 7) is 10.9. The molecule has 0 saturated heterocycles. The molecule has 4 rings (SSSR count). The lowest BCUT2D eigenvalue weighted by Gasteiger charge is -2.21. The Balaban J connectivity index is 1.63. The Labute approximate surface area is 172 Å². The first-order valence-electron chi connectivity index (χ1n) is 10.2. The summed E-state index contributed by atoms with van der Waals surface area (Å²) in [5, 5.41) is 4.30. The Morgan fingerprint density at radius 1 is 1.07 bits per heavy atom. The lowest BCUT2D eigenvalue weighted by molar-refractivity contribution is -0.119. The predicted octanol–water partition coefficient (Wildman–Crippen LogP) is 5.78. The van der Waals surface area contributed by atoms with Gasteiger partial charge in [-0.15, -0.1) is 0 Å². The number of hydrogen-bond donors (Lipinski definition) is 2. The van der Waals surface area contributed by atoms with E-state index in [9.17, 15) is 4.79 Å². The molecule has 4 heteroatoms. The maximum Gasteiger partial charge on any atom is 0.235 e. The molecule has 0 radical (unpaired) electrons. The van der Waals surface area contributed by atoms with Crippen LogP contribution in [0.1, 0.15) is 52.3 Å². The Bertz CT molecular complexity index is 1070. The van der Waals surface area contributed by atoms with Gasteiger partial charge in [-0.3, -0.25) is 4.79 Å². The summed E-state index contributed by atoms with van der Waals surface area (Å²) in [6, 6.07) is 16.1. The fraction of sp³-hybridized carbons (Fsp3) is 0.400. The van der Waals surface area contributed by atoms with Gasteiger partial charge >= 0.3 is 0 Å². The summed E-state index contributed by atoms with van der Waals surface area (Å²) in [6.07, 6.45) is 0.832. The van der Waals surface area contributed by atoms with Crippen molar-refractivity contribution in [2.75, 3.05) is 12.4 Å². The Kier molecular flexibility index (Phi) is 4.30. The number of methoxy groups -OCH3 is 1. The van der Waals surface area contributed by atoms with Gasteiger partial charge in [0.2, 0.25) is 5.91 Å². The van der Waals surface area contributed by atoms with E-state index in [1.807, 2.05) is 36.4 Å². The van der Waals surface area contributed by atoms with Crippen LogP contribution in [0.3, 0.4) is 0 Å². The second-order valence-electron chi connectivity index (χ2n) is 9.88. The van der Waals surface area contributed by atoms with Gasteiger partial charge in [-0.25, -0.2) is 0 Å². The average Bonchev–Trinajstić information content (AvgIpc) is 3.03. The van der Waals surface area contributed by atoms with Crippen LogP contribution in [0.25, 0.3) is 10.9 Å². The molecule has 0 bridgehead atoms. The van der Waals surface area contributed by atoms with Gasteiger partial charge in [0, 0.05) is 27.7 Å². The van der Waals surface area contributed by atoms with Crippen LogP contribution in [0.5, 0.6) is 5.75 Å². The van der Waals surface area contributed by atoms with Crippen molar-refractivity contribution in [3.8, 4) is 5.75 Å². The summed E-state index contributed by atoms with van der Waals surface area (Å²) in [7, 11) is 1.65. The molecule has 1 fully saturated rings. The Hall–Kier alpha value is -2.75. The zero-order valence-electron chi connectivity index (χ0n) is 18.1. The molecular formula is C25H30N2O2. The molecular weight excluding hydrogens is 360 g/mol. The average molecular weight is 391 g/mol. The molecule has 1 saturated carbocycles. The second kappa shape index (κ2) is 6.38. The first-order valence-corrected chi connectivity index (χ1v) is 10.2. The molecule has 2 aromatic carbocycles. The number of aromatic amines is 1. The number of benzene rings is 2. The van der Waals surface area contributed by atoms with Crippen molar-refractivity contribution >= 4 is 22.5 Å². The van der Waals surface area contributed by atoms with Gasteiger partial charge in [-0.05, 0) is 53.8 Å². The van der Waals surface area contributed by atoms with Crippen LogP contribution in [0, 0.1) is 5.41 Å². The van der Waals surface area contributed by atoms with Crippen molar-refractivity contribution in [2.45, 2.75) is 51.9 Å². The van der Waals surface area contributed by atoms with Crippen molar-refractivity contribution in [1.82, 2.24) is 4.98 Å². The number of nitrogens with one attached hydrogen (secondary N) is 2. The third-order valence-electron chi connectivity index (χ3n) is 6.39. The van der Waals surface area contributed by atoms with Gasteiger partial charge in [0.1, 0.15) is 5.75 Å². The SMILES string of the molecule is COc1ccc(C2(C(=O)Nc3ccc4[nH]c(C(C)(C)C)cc4c3)CC2(C)C)cc1. The van der Waals surface area contributed by atoms with E-state index in [1.54, 1.807) is 7.11 Å². The predicted molar refractivity (Wildman–Crippen MR) is 119 cm³/mol. The van der Waals surface area contributed by atoms with Crippen LogP contribution in [0.2, 0.25) is 0 Å². The number of fused-ring (bicyclic) bond motifs is 1. The minimum atomic E-state index is -0.511. The minimum absolute atomic E-state index is 0.0543. The highest BCUT2D eigenvalue weighted by Gasteiger charge is 2.67. The Morgan fingerprint density at radius 3 is 2.28 bits per heavy atom. The minimum Gasteiger partial charge on any atom is -0.497 e. The number of anilines is 1. The number of hydrogen-bond acceptors (Lipinski definition) is 2.